The average molecular weight is 305 g/mol. The molecule has 5 nitrogen and oxygen atoms in total. The molecular weight excluding hydrogens is 287 g/mol. The van der Waals surface area contributed by atoms with Crippen molar-refractivity contribution in [2.75, 3.05) is 38.4 Å². The minimum Gasteiger partial charge on any atom is -0.491 e. The highest BCUT2D eigenvalue weighted by atomic mass is 35.5. The van der Waals surface area contributed by atoms with Crippen molar-refractivity contribution < 1.29 is 18.7 Å². The molecule has 20 heavy (non-hydrogen) atoms. The fourth-order valence-corrected chi connectivity index (χ4v) is 1.78. The molecule has 2 rings (SSSR count). The van der Waals surface area contributed by atoms with Crippen molar-refractivity contribution in [1.29, 1.82) is 0 Å². The van der Waals surface area contributed by atoms with Crippen molar-refractivity contribution in [2.45, 2.75) is 6.04 Å². The largest absolute Gasteiger partial charge is 0.491 e. The Morgan fingerprint density at radius 3 is 3.10 bits per heavy atom. The topological polar surface area (TPSA) is 59.6 Å². The predicted octanol–water partition coefficient (Wildman–Crippen LogP) is 1.38. The van der Waals surface area contributed by atoms with Gasteiger partial charge in [-0.15, -0.1) is 12.4 Å². The van der Waals surface area contributed by atoms with Crippen LogP contribution in [0.1, 0.15) is 0 Å². The fraction of sp³-hybridized carbons (Fsp3) is 0.462. The summed E-state index contributed by atoms with van der Waals surface area (Å²) in [6, 6.07) is 6.53. The van der Waals surface area contributed by atoms with Crippen LogP contribution in [0.15, 0.2) is 24.3 Å². The number of hydrogen-bond acceptors (Lipinski definition) is 4. The summed E-state index contributed by atoms with van der Waals surface area (Å²) >= 11 is 0. The van der Waals surface area contributed by atoms with Crippen LogP contribution in [0.5, 0.6) is 5.75 Å². The van der Waals surface area contributed by atoms with Crippen molar-refractivity contribution in [3.05, 3.63) is 24.3 Å². The lowest BCUT2D eigenvalue weighted by Gasteiger charge is -2.22. The molecule has 112 valence electrons. The van der Waals surface area contributed by atoms with E-state index < -0.39 is 6.67 Å². The van der Waals surface area contributed by atoms with Gasteiger partial charge >= 0.3 is 0 Å². The Bertz CT molecular complexity index is 428. The van der Waals surface area contributed by atoms with Crippen LogP contribution in [-0.4, -0.2) is 45.0 Å². The molecule has 1 aromatic rings. The molecule has 0 saturated carbocycles. The molecule has 0 spiro atoms. The van der Waals surface area contributed by atoms with Gasteiger partial charge in [0.05, 0.1) is 13.2 Å². The van der Waals surface area contributed by atoms with E-state index in [1.54, 1.807) is 24.3 Å². The molecule has 1 aliphatic heterocycles. The highest BCUT2D eigenvalue weighted by Crippen LogP contribution is 2.17. The van der Waals surface area contributed by atoms with Crippen molar-refractivity contribution in [1.82, 2.24) is 5.32 Å². The highest BCUT2D eigenvalue weighted by Gasteiger charge is 2.21. The second kappa shape index (κ2) is 8.73. The van der Waals surface area contributed by atoms with E-state index in [4.69, 9.17) is 9.47 Å². The normalized spacial score (nSPS) is 17.9. The first-order valence-electron chi connectivity index (χ1n) is 6.20. The summed E-state index contributed by atoms with van der Waals surface area (Å²) in [7, 11) is 0. The van der Waals surface area contributed by atoms with Crippen molar-refractivity contribution in [3.8, 4) is 5.75 Å². The number of hydrogen-bond donors (Lipinski definition) is 2. The first-order chi connectivity index (χ1) is 9.29. The maximum atomic E-state index is 12.0. The Morgan fingerprint density at radius 1 is 1.55 bits per heavy atom. The molecule has 1 unspecified atom stereocenters. The molecule has 1 aliphatic rings. The third kappa shape index (κ3) is 4.96. The number of carbonyl (C=O) groups is 1. The minimum absolute atomic E-state index is 0. The van der Waals surface area contributed by atoms with Gasteiger partial charge in [-0.05, 0) is 12.1 Å². The average Bonchev–Trinajstić information content (AvgIpc) is 2.46. The smallest absolute Gasteiger partial charge is 0.243 e. The Hall–Kier alpha value is -1.37. The summed E-state index contributed by atoms with van der Waals surface area (Å²) in [6.07, 6.45) is 0. The van der Waals surface area contributed by atoms with Gasteiger partial charge in [0.15, 0.2) is 0 Å². The standard InChI is InChI=1S/C13H17FN2O3.ClH/c14-4-6-19-11-3-1-2-10(8-11)16-13(17)12-9-18-7-5-15-12;/h1-3,8,12,15H,4-7,9H2,(H,16,17);1H. The fourth-order valence-electron chi connectivity index (χ4n) is 1.78. The molecule has 1 amide bonds. The lowest BCUT2D eigenvalue weighted by atomic mass is 10.2. The summed E-state index contributed by atoms with van der Waals surface area (Å²) in [6.45, 7) is 1.12. The van der Waals surface area contributed by atoms with Gasteiger partial charge < -0.3 is 20.1 Å². The number of nitrogens with one attached hydrogen (secondary N) is 2. The molecule has 1 heterocycles. The molecule has 0 aromatic heterocycles. The second-order valence-electron chi connectivity index (χ2n) is 4.14. The maximum Gasteiger partial charge on any atom is 0.243 e. The first-order valence-corrected chi connectivity index (χ1v) is 6.20. The lowest BCUT2D eigenvalue weighted by Crippen LogP contribution is -2.48. The van der Waals surface area contributed by atoms with Gasteiger partial charge in [-0.2, -0.15) is 0 Å². The van der Waals surface area contributed by atoms with Gasteiger partial charge in [-0.1, -0.05) is 6.07 Å². The van der Waals surface area contributed by atoms with E-state index in [0.717, 1.165) is 0 Å². The van der Waals surface area contributed by atoms with Crippen LogP contribution in [0.3, 0.4) is 0 Å². The van der Waals surface area contributed by atoms with Crippen molar-refractivity contribution in [2.24, 2.45) is 0 Å². The zero-order valence-electron chi connectivity index (χ0n) is 10.9. The number of anilines is 1. The molecule has 1 fully saturated rings. The number of morpholine rings is 1. The molecule has 1 atom stereocenters. The van der Waals surface area contributed by atoms with E-state index in [2.05, 4.69) is 10.6 Å². The van der Waals surface area contributed by atoms with Gasteiger partial charge in [0.25, 0.3) is 0 Å². The van der Waals surface area contributed by atoms with E-state index in [9.17, 15) is 9.18 Å². The van der Waals surface area contributed by atoms with Gasteiger partial charge in [0, 0.05) is 18.3 Å². The van der Waals surface area contributed by atoms with E-state index in [1.165, 1.54) is 0 Å². The molecule has 0 aliphatic carbocycles. The summed E-state index contributed by atoms with van der Waals surface area (Å²) < 4.78 is 22.4. The van der Waals surface area contributed by atoms with Crippen molar-refractivity contribution >= 4 is 24.0 Å². The summed E-state index contributed by atoms with van der Waals surface area (Å²) in [5.74, 6) is 0.380. The van der Waals surface area contributed by atoms with Crippen LogP contribution in [0.25, 0.3) is 0 Å². The summed E-state index contributed by atoms with van der Waals surface area (Å²) in [4.78, 5) is 11.9. The van der Waals surface area contributed by atoms with Crippen LogP contribution in [-0.2, 0) is 9.53 Å². The van der Waals surface area contributed by atoms with Gasteiger partial charge in [0.2, 0.25) is 5.91 Å². The SMILES string of the molecule is Cl.O=C(Nc1cccc(OCCF)c1)C1COCCN1. The third-order valence-corrected chi connectivity index (χ3v) is 2.69. The van der Waals surface area contributed by atoms with Crippen molar-refractivity contribution in [3.63, 3.8) is 0 Å². The number of amides is 1. The van der Waals surface area contributed by atoms with Crippen LogP contribution in [0.2, 0.25) is 0 Å². The minimum atomic E-state index is -0.542. The van der Waals surface area contributed by atoms with E-state index in [1.807, 2.05) is 0 Å². The Labute approximate surface area is 123 Å². The molecule has 0 radical (unpaired) electrons. The zero-order valence-corrected chi connectivity index (χ0v) is 11.7. The third-order valence-electron chi connectivity index (χ3n) is 2.69. The van der Waals surface area contributed by atoms with Gasteiger partial charge in [0.1, 0.15) is 25.1 Å². The maximum absolute atomic E-state index is 12.0. The number of alkyl halides is 1. The van der Waals surface area contributed by atoms with Gasteiger partial charge in [-0.3, -0.25) is 4.79 Å². The first kappa shape index (κ1) is 16.7. The Morgan fingerprint density at radius 2 is 2.40 bits per heavy atom. The number of benzene rings is 1. The zero-order chi connectivity index (χ0) is 13.5. The number of rotatable bonds is 5. The quantitative estimate of drug-likeness (QED) is 0.863. The van der Waals surface area contributed by atoms with Crippen LogP contribution >= 0.6 is 12.4 Å². The van der Waals surface area contributed by atoms with Crippen LogP contribution < -0.4 is 15.4 Å². The molecule has 1 aromatic carbocycles. The molecule has 0 bridgehead atoms. The molecule has 2 N–H and O–H groups in total. The van der Waals surface area contributed by atoms with E-state index >= 15 is 0 Å². The molecule has 7 heteroatoms. The summed E-state index contributed by atoms with van der Waals surface area (Å²) in [5.41, 5.74) is 0.619. The Kier molecular flexibility index (Phi) is 7.28. The van der Waals surface area contributed by atoms with Gasteiger partial charge in [-0.25, -0.2) is 4.39 Å². The predicted molar refractivity (Wildman–Crippen MR) is 76.4 cm³/mol. The van der Waals surface area contributed by atoms with Crippen LogP contribution in [0, 0.1) is 0 Å². The number of ether oxygens (including phenoxy) is 2. The second-order valence-corrected chi connectivity index (χ2v) is 4.14. The number of carbonyl (C=O) groups excluding carboxylic acids is 1. The van der Waals surface area contributed by atoms with Crippen LogP contribution in [0.4, 0.5) is 10.1 Å². The lowest BCUT2D eigenvalue weighted by molar-refractivity contribution is -0.120. The van der Waals surface area contributed by atoms with E-state index in [-0.39, 0.29) is 31.0 Å². The molecule has 1 saturated heterocycles. The number of halogens is 2. The Balaban J connectivity index is 0.00000200. The molecular formula is C13H18ClFN2O3. The summed E-state index contributed by atoms with van der Waals surface area (Å²) in [5, 5.41) is 5.84. The monoisotopic (exact) mass is 304 g/mol. The van der Waals surface area contributed by atoms with E-state index in [0.29, 0.717) is 31.2 Å². The highest BCUT2D eigenvalue weighted by molar-refractivity contribution is 5.95.